The number of nitrogens with zero attached hydrogens (tertiary/aromatic N) is 3. The van der Waals surface area contributed by atoms with Crippen molar-refractivity contribution in [1.82, 2.24) is 21.2 Å². The zero-order valence-corrected chi connectivity index (χ0v) is 22.9. The van der Waals surface area contributed by atoms with Crippen molar-refractivity contribution in [3.05, 3.63) is 53.6 Å². The zero-order valence-electron chi connectivity index (χ0n) is 22.1. The van der Waals surface area contributed by atoms with Crippen LogP contribution in [0.3, 0.4) is 0 Å². The second kappa shape index (κ2) is 11.3. The standard InChI is InChI=1S/C25H34N6O6S/c1-16-11-19(16)15-30(3)20-12-18(13-21(26-20)31(4)38(5,36)37)22(32)28-29-23(33)25(2,27-24(34)35)14-17-9-7-6-8-10-17/h6-10,12-13,16,19,27H,11,14-15H2,1-5H3,(H,28,32)(H,29,33)(H,34,35)/t16?,19?,25-/m1/s1. The van der Waals surface area contributed by atoms with Gasteiger partial charge in [-0.3, -0.25) is 24.7 Å². The summed E-state index contributed by atoms with van der Waals surface area (Å²) >= 11 is 0. The molecule has 0 saturated heterocycles. The quantitative estimate of drug-likeness (QED) is 0.327. The van der Waals surface area contributed by atoms with Crippen LogP contribution in [0.4, 0.5) is 16.4 Å². The van der Waals surface area contributed by atoms with Gasteiger partial charge in [0.2, 0.25) is 10.0 Å². The number of carbonyl (C=O) groups is 3. The van der Waals surface area contributed by atoms with Gasteiger partial charge in [-0.25, -0.2) is 18.2 Å². The number of carbonyl (C=O) groups excluding carboxylic acids is 2. The molecule has 1 fully saturated rings. The van der Waals surface area contributed by atoms with E-state index in [1.165, 1.54) is 26.1 Å². The predicted molar refractivity (Wildman–Crippen MR) is 143 cm³/mol. The van der Waals surface area contributed by atoms with Crippen molar-refractivity contribution in [2.24, 2.45) is 11.8 Å². The number of nitrogens with one attached hydrogen (secondary N) is 3. The third-order valence-electron chi connectivity index (χ3n) is 6.63. The minimum absolute atomic E-state index is 0.0366. The summed E-state index contributed by atoms with van der Waals surface area (Å²) in [6.45, 7) is 4.25. The molecule has 4 N–H and O–H groups in total. The summed E-state index contributed by atoms with van der Waals surface area (Å²) in [4.78, 5) is 43.8. The Bertz CT molecular complexity index is 1300. The lowest BCUT2D eigenvalue weighted by Gasteiger charge is -2.28. The van der Waals surface area contributed by atoms with Crippen molar-refractivity contribution in [2.75, 3.05) is 36.1 Å². The highest BCUT2D eigenvalue weighted by Gasteiger charge is 2.36. The number of hydrogen-bond acceptors (Lipinski definition) is 7. The van der Waals surface area contributed by atoms with E-state index < -0.39 is 33.5 Å². The number of sulfonamides is 1. The fraction of sp³-hybridized carbons (Fsp3) is 0.440. The molecule has 1 aromatic heterocycles. The van der Waals surface area contributed by atoms with Crippen molar-refractivity contribution in [3.8, 4) is 0 Å². The molecule has 1 aliphatic rings. The van der Waals surface area contributed by atoms with Gasteiger partial charge in [-0.05, 0) is 42.9 Å². The number of anilines is 2. The fourth-order valence-electron chi connectivity index (χ4n) is 4.00. The molecule has 0 bridgehead atoms. The molecule has 0 aliphatic heterocycles. The van der Waals surface area contributed by atoms with Crippen molar-refractivity contribution in [2.45, 2.75) is 32.2 Å². The number of carboxylic acid groups (broad SMARTS) is 1. The molecule has 1 aromatic carbocycles. The van der Waals surface area contributed by atoms with Gasteiger partial charge in [0.25, 0.3) is 11.8 Å². The van der Waals surface area contributed by atoms with E-state index in [1.54, 1.807) is 30.3 Å². The molecule has 2 unspecified atom stereocenters. The van der Waals surface area contributed by atoms with E-state index in [2.05, 4.69) is 28.1 Å². The molecule has 2 aromatic rings. The number of benzene rings is 1. The first-order valence-corrected chi connectivity index (χ1v) is 13.9. The minimum atomic E-state index is -3.66. The first-order valence-electron chi connectivity index (χ1n) is 12.0. The number of hydrazine groups is 1. The summed E-state index contributed by atoms with van der Waals surface area (Å²) in [5.74, 6) is 0.00435. The van der Waals surface area contributed by atoms with Gasteiger partial charge in [0.1, 0.15) is 17.2 Å². The summed E-state index contributed by atoms with van der Waals surface area (Å²) in [6, 6.07) is 11.7. The SMILES string of the molecule is CC1CC1CN(C)c1cc(C(=O)NNC(=O)[C@@](C)(Cc2ccccc2)NC(=O)O)cc(N(C)S(C)(=O)=O)n1. The van der Waals surface area contributed by atoms with Crippen LogP contribution in [0.15, 0.2) is 42.5 Å². The summed E-state index contributed by atoms with van der Waals surface area (Å²) < 4.78 is 25.3. The van der Waals surface area contributed by atoms with Gasteiger partial charge in [-0.2, -0.15) is 0 Å². The van der Waals surface area contributed by atoms with Crippen LogP contribution in [0.1, 0.15) is 36.2 Å². The third-order valence-corrected chi connectivity index (χ3v) is 7.81. The first kappa shape index (κ1) is 28.7. The molecule has 206 valence electrons. The van der Waals surface area contributed by atoms with Crippen LogP contribution in [0, 0.1) is 11.8 Å². The van der Waals surface area contributed by atoms with Crippen molar-refractivity contribution < 1.29 is 27.9 Å². The van der Waals surface area contributed by atoms with E-state index in [-0.39, 0.29) is 17.8 Å². The van der Waals surface area contributed by atoms with E-state index in [9.17, 15) is 27.9 Å². The number of aromatic nitrogens is 1. The number of pyridine rings is 1. The molecule has 12 nitrogen and oxygen atoms in total. The van der Waals surface area contributed by atoms with Crippen LogP contribution in [-0.2, 0) is 21.2 Å². The van der Waals surface area contributed by atoms with E-state index >= 15 is 0 Å². The number of amides is 3. The molecule has 3 amide bonds. The molecule has 3 atom stereocenters. The van der Waals surface area contributed by atoms with Crippen LogP contribution in [0.2, 0.25) is 0 Å². The predicted octanol–water partition coefficient (Wildman–Crippen LogP) is 1.60. The normalized spacial score (nSPS) is 18.0. The highest BCUT2D eigenvalue weighted by atomic mass is 32.2. The van der Waals surface area contributed by atoms with Crippen LogP contribution in [-0.4, -0.2) is 68.9 Å². The summed E-state index contributed by atoms with van der Waals surface area (Å²) in [5, 5.41) is 11.5. The van der Waals surface area contributed by atoms with Crippen molar-refractivity contribution in [1.29, 1.82) is 0 Å². The maximum atomic E-state index is 13.1. The first-order chi connectivity index (χ1) is 17.7. The van der Waals surface area contributed by atoms with E-state index in [4.69, 9.17) is 0 Å². The average molecular weight is 547 g/mol. The highest BCUT2D eigenvalue weighted by Crippen LogP contribution is 2.38. The molecule has 38 heavy (non-hydrogen) atoms. The Hall–Kier alpha value is -3.87. The Labute approximate surface area is 222 Å². The fourth-order valence-corrected chi connectivity index (χ4v) is 4.44. The van der Waals surface area contributed by atoms with E-state index in [0.29, 0.717) is 29.8 Å². The summed E-state index contributed by atoms with van der Waals surface area (Å²) in [5.41, 5.74) is 3.79. The van der Waals surface area contributed by atoms with Crippen LogP contribution < -0.4 is 25.4 Å². The summed E-state index contributed by atoms with van der Waals surface area (Å²) in [7, 11) is -0.513. The third kappa shape index (κ3) is 7.34. The smallest absolute Gasteiger partial charge is 0.405 e. The van der Waals surface area contributed by atoms with Crippen molar-refractivity contribution in [3.63, 3.8) is 0 Å². The maximum absolute atomic E-state index is 13.1. The van der Waals surface area contributed by atoms with E-state index in [0.717, 1.165) is 17.0 Å². The Balaban J connectivity index is 1.82. The molecule has 0 spiro atoms. The second-order valence-corrected chi connectivity index (χ2v) is 12.0. The molecule has 13 heteroatoms. The Kier molecular flexibility index (Phi) is 8.50. The maximum Gasteiger partial charge on any atom is 0.405 e. The molecule has 3 rings (SSSR count). The Morgan fingerprint density at radius 2 is 1.71 bits per heavy atom. The molecule has 0 radical (unpaired) electrons. The lowest BCUT2D eigenvalue weighted by molar-refractivity contribution is -0.127. The highest BCUT2D eigenvalue weighted by molar-refractivity contribution is 7.92. The van der Waals surface area contributed by atoms with Crippen LogP contribution in [0.25, 0.3) is 0 Å². The van der Waals surface area contributed by atoms with Gasteiger partial charge in [0.05, 0.1) is 6.26 Å². The number of hydrogen-bond donors (Lipinski definition) is 4. The number of rotatable bonds is 10. The monoisotopic (exact) mass is 546 g/mol. The second-order valence-electron chi connectivity index (χ2n) is 9.99. The molecule has 1 heterocycles. The van der Waals surface area contributed by atoms with Crippen LogP contribution >= 0.6 is 0 Å². The van der Waals surface area contributed by atoms with Gasteiger partial charge >= 0.3 is 6.09 Å². The lowest BCUT2D eigenvalue weighted by atomic mass is 9.92. The molecule has 1 aliphatic carbocycles. The van der Waals surface area contributed by atoms with Gasteiger partial charge < -0.3 is 15.3 Å². The molecule has 1 saturated carbocycles. The van der Waals surface area contributed by atoms with Crippen molar-refractivity contribution >= 4 is 39.6 Å². The van der Waals surface area contributed by atoms with Gasteiger partial charge in [0, 0.05) is 32.6 Å². The summed E-state index contributed by atoms with van der Waals surface area (Å²) in [6.07, 6.45) is 0.748. The Morgan fingerprint density at radius 1 is 1.11 bits per heavy atom. The van der Waals surface area contributed by atoms with Crippen LogP contribution in [0.5, 0.6) is 0 Å². The average Bonchev–Trinajstić information content (AvgIpc) is 3.54. The lowest BCUT2D eigenvalue weighted by Crippen LogP contribution is -2.61. The van der Waals surface area contributed by atoms with Gasteiger partial charge in [0.15, 0.2) is 0 Å². The van der Waals surface area contributed by atoms with Gasteiger partial charge in [-0.15, -0.1) is 0 Å². The Morgan fingerprint density at radius 3 is 2.26 bits per heavy atom. The zero-order chi connectivity index (χ0) is 28.3. The van der Waals surface area contributed by atoms with E-state index in [1.807, 2.05) is 11.9 Å². The minimum Gasteiger partial charge on any atom is -0.465 e. The topological polar surface area (TPSA) is 161 Å². The largest absolute Gasteiger partial charge is 0.465 e. The molecular weight excluding hydrogens is 512 g/mol. The molecular formula is C25H34N6O6S. The van der Waals surface area contributed by atoms with Gasteiger partial charge in [-0.1, -0.05) is 37.3 Å².